The predicted molar refractivity (Wildman–Crippen MR) is 65.9 cm³/mol. The Morgan fingerprint density at radius 2 is 2.07 bits per heavy atom. The molecular weight excluding hydrogens is 256 g/mol. The van der Waals surface area contributed by atoms with E-state index in [0.29, 0.717) is 5.75 Å². The van der Waals surface area contributed by atoms with Gasteiger partial charge in [-0.25, -0.2) is 0 Å². The summed E-state index contributed by atoms with van der Waals surface area (Å²) >= 11 is 3.49. The van der Waals surface area contributed by atoms with Gasteiger partial charge in [-0.3, -0.25) is 0 Å². The number of ether oxygens (including phenoxy) is 1. The van der Waals surface area contributed by atoms with Gasteiger partial charge in [0, 0.05) is 5.33 Å². The number of hydrogen-bond acceptors (Lipinski definition) is 2. The lowest BCUT2D eigenvalue weighted by molar-refractivity contribution is 0.371. The molecule has 0 spiro atoms. The Kier molecular flexibility index (Phi) is 4.03. The van der Waals surface area contributed by atoms with E-state index in [2.05, 4.69) is 29.8 Å². The molecule has 0 saturated carbocycles. The summed E-state index contributed by atoms with van der Waals surface area (Å²) in [6.07, 6.45) is 0.926. The van der Waals surface area contributed by atoms with E-state index in [1.807, 2.05) is 6.07 Å². The Morgan fingerprint density at radius 3 is 2.53 bits per heavy atom. The van der Waals surface area contributed by atoms with Crippen LogP contribution in [-0.4, -0.2) is 17.5 Å². The van der Waals surface area contributed by atoms with Crippen molar-refractivity contribution in [2.45, 2.75) is 20.3 Å². The van der Waals surface area contributed by atoms with Gasteiger partial charge in [0.2, 0.25) is 0 Å². The average molecular weight is 273 g/mol. The zero-order valence-corrected chi connectivity index (χ0v) is 11.0. The second kappa shape index (κ2) is 4.88. The van der Waals surface area contributed by atoms with E-state index in [1.165, 1.54) is 0 Å². The van der Waals surface area contributed by atoms with E-state index in [0.717, 1.165) is 17.3 Å². The smallest absolute Gasteiger partial charge is 0.160 e. The molecule has 84 valence electrons. The van der Waals surface area contributed by atoms with Crippen molar-refractivity contribution in [3.05, 3.63) is 23.8 Å². The van der Waals surface area contributed by atoms with Crippen LogP contribution in [0, 0.1) is 5.41 Å². The molecule has 3 heteroatoms. The summed E-state index contributed by atoms with van der Waals surface area (Å²) in [5.74, 6) is 0.732. The van der Waals surface area contributed by atoms with Crippen LogP contribution in [0.1, 0.15) is 19.4 Å². The van der Waals surface area contributed by atoms with Crippen LogP contribution in [0.2, 0.25) is 0 Å². The highest BCUT2D eigenvalue weighted by Crippen LogP contribution is 2.30. The van der Waals surface area contributed by atoms with Crippen molar-refractivity contribution in [3.63, 3.8) is 0 Å². The lowest BCUT2D eigenvalue weighted by Crippen LogP contribution is -2.16. The SMILES string of the molecule is COc1ccc(CC(C)(C)CBr)cc1O. The predicted octanol–water partition coefficient (Wildman–Crippen LogP) is 3.36. The van der Waals surface area contributed by atoms with Crippen molar-refractivity contribution < 1.29 is 9.84 Å². The average Bonchev–Trinajstić information content (AvgIpc) is 2.17. The minimum atomic E-state index is 0.195. The maximum atomic E-state index is 9.62. The topological polar surface area (TPSA) is 29.5 Å². The molecule has 0 aromatic heterocycles. The van der Waals surface area contributed by atoms with Crippen molar-refractivity contribution >= 4 is 15.9 Å². The van der Waals surface area contributed by atoms with Gasteiger partial charge in [0.15, 0.2) is 11.5 Å². The van der Waals surface area contributed by atoms with E-state index in [4.69, 9.17) is 4.74 Å². The molecule has 1 aromatic rings. The van der Waals surface area contributed by atoms with Crippen LogP contribution in [0.3, 0.4) is 0 Å². The van der Waals surface area contributed by atoms with Gasteiger partial charge in [-0.15, -0.1) is 0 Å². The van der Waals surface area contributed by atoms with E-state index in [1.54, 1.807) is 19.2 Å². The van der Waals surface area contributed by atoms with Crippen molar-refractivity contribution in [1.82, 2.24) is 0 Å². The molecule has 0 saturated heterocycles. The number of halogens is 1. The first-order valence-electron chi connectivity index (χ1n) is 4.90. The number of phenols is 1. The van der Waals surface area contributed by atoms with Crippen LogP contribution in [0.25, 0.3) is 0 Å². The van der Waals surface area contributed by atoms with Crippen LogP contribution < -0.4 is 4.74 Å². The van der Waals surface area contributed by atoms with Crippen LogP contribution in [0.4, 0.5) is 0 Å². The van der Waals surface area contributed by atoms with Gasteiger partial charge < -0.3 is 9.84 Å². The Balaban J connectivity index is 2.84. The highest BCUT2D eigenvalue weighted by atomic mass is 79.9. The van der Waals surface area contributed by atoms with Crippen molar-refractivity contribution in [2.75, 3.05) is 12.4 Å². The summed E-state index contributed by atoms with van der Waals surface area (Å²) in [6, 6.07) is 5.56. The molecule has 0 aliphatic heterocycles. The summed E-state index contributed by atoms with van der Waals surface area (Å²) in [7, 11) is 1.55. The molecule has 0 aliphatic carbocycles. The van der Waals surface area contributed by atoms with Crippen molar-refractivity contribution in [1.29, 1.82) is 0 Å². The standard InChI is InChI=1S/C12H17BrO2/c1-12(2,8-13)7-9-4-5-11(15-3)10(14)6-9/h4-6,14H,7-8H2,1-3H3. The first-order valence-corrected chi connectivity index (χ1v) is 6.02. The van der Waals surface area contributed by atoms with Gasteiger partial charge in [0.05, 0.1) is 7.11 Å². The maximum Gasteiger partial charge on any atom is 0.160 e. The molecule has 0 bridgehead atoms. The van der Waals surface area contributed by atoms with Gasteiger partial charge in [-0.05, 0) is 29.5 Å². The Bertz CT molecular complexity index is 334. The van der Waals surface area contributed by atoms with Gasteiger partial charge >= 0.3 is 0 Å². The van der Waals surface area contributed by atoms with Crippen molar-refractivity contribution in [3.8, 4) is 11.5 Å². The molecule has 1 N–H and O–H groups in total. The fourth-order valence-corrected chi connectivity index (χ4v) is 1.64. The molecule has 0 atom stereocenters. The summed E-state index contributed by atoms with van der Waals surface area (Å²) in [5.41, 5.74) is 1.32. The maximum absolute atomic E-state index is 9.62. The van der Waals surface area contributed by atoms with Gasteiger partial charge in [-0.2, -0.15) is 0 Å². The summed E-state index contributed by atoms with van der Waals surface area (Å²) < 4.78 is 5.00. The molecule has 1 aromatic carbocycles. The number of methoxy groups -OCH3 is 1. The number of phenolic OH excluding ortho intramolecular Hbond substituents is 1. The normalized spacial score (nSPS) is 11.5. The number of hydrogen-bond donors (Lipinski definition) is 1. The van der Waals surface area contributed by atoms with E-state index >= 15 is 0 Å². The number of alkyl halides is 1. The second-order valence-corrected chi connectivity index (χ2v) is 5.04. The highest BCUT2D eigenvalue weighted by molar-refractivity contribution is 9.09. The molecule has 2 nitrogen and oxygen atoms in total. The fraction of sp³-hybridized carbons (Fsp3) is 0.500. The summed E-state index contributed by atoms with van der Waals surface area (Å²) in [4.78, 5) is 0. The highest BCUT2D eigenvalue weighted by Gasteiger charge is 2.17. The second-order valence-electron chi connectivity index (χ2n) is 4.48. The largest absolute Gasteiger partial charge is 0.504 e. The Hall–Kier alpha value is -0.700. The molecule has 0 fully saturated rings. The Morgan fingerprint density at radius 1 is 1.40 bits per heavy atom. The minimum Gasteiger partial charge on any atom is -0.504 e. The third kappa shape index (κ3) is 3.42. The lowest BCUT2D eigenvalue weighted by atomic mass is 9.88. The third-order valence-corrected chi connectivity index (χ3v) is 3.81. The molecule has 0 amide bonds. The molecule has 0 unspecified atom stereocenters. The van der Waals surface area contributed by atoms with Gasteiger partial charge in [-0.1, -0.05) is 35.8 Å². The minimum absolute atomic E-state index is 0.195. The molecule has 0 heterocycles. The summed E-state index contributed by atoms with van der Waals surface area (Å²) in [6.45, 7) is 4.37. The van der Waals surface area contributed by atoms with Crippen LogP contribution in [-0.2, 0) is 6.42 Å². The molecule has 0 radical (unpaired) electrons. The molecule has 0 aliphatic rings. The van der Waals surface area contributed by atoms with E-state index in [-0.39, 0.29) is 11.2 Å². The summed E-state index contributed by atoms with van der Waals surface area (Å²) in [5, 5.41) is 10.6. The zero-order valence-electron chi connectivity index (χ0n) is 9.38. The van der Waals surface area contributed by atoms with Crippen LogP contribution >= 0.6 is 15.9 Å². The third-order valence-electron chi connectivity index (χ3n) is 2.29. The molecule has 15 heavy (non-hydrogen) atoms. The quantitative estimate of drug-likeness (QED) is 0.852. The fourth-order valence-electron chi connectivity index (χ4n) is 1.45. The first-order chi connectivity index (χ1) is 6.98. The van der Waals surface area contributed by atoms with E-state index in [9.17, 15) is 5.11 Å². The van der Waals surface area contributed by atoms with Crippen molar-refractivity contribution in [2.24, 2.45) is 5.41 Å². The van der Waals surface area contributed by atoms with Crippen LogP contribution in [0.5, 0.6) is 11.5 Å². The monoisotopic (exact) mass is 272 g/mol. The van der Waals surface area contributed by atoms with Gasteiger partial charge in [0.25, 0.3) is 0 Å². The number of rotatable bonds is 4. The molecular formula is C12H17BrO2. The molecule has 1 rings (SSSR count). The van der Waals surface area contributed by atoms with E-state index < -0.39 is 0 Å². The van der Waals surface area contributed by atoms with Crippen LogP contribution in [0.15, 0.2) is 18.2 Å². The number of benzene rings is 1. The zero-order chi connectivity index (χ0) is 11.5. The number of aromatic hydroxyl groups is 1. The lowest BCUT2D eigenvalue weighted by Gasteiger charge is -2.21. The van der Waals surface area contributed by atoms with Gasteiger partial charge in [0.1, 0.15) is 0 Å². The Labute approximate surface area is 99.4 Å². The first kappa shape index (κ1) is 12.4.